The predicted octanol–water partition coefficient (Wildman–Crippen LogP) is 2.54. The van der Waals surface area contributed by atoms with E-state index in [0.717, 1.165) is 44.1 Å². The van der Waals surface area contributed by atoms with E-state index in [9.17, 15) is 13.2 Å². The fourth-order valence-electron chi connectivity index (χ4n) is 2.83. The van der Waals surface area contributed by atoms with Crippen LogP contribution in [0.3, 0.4) is 0 Å². The van der Waals surface area contributed by atoms with E-state index < -0.39 is 10.0 Å². The van der Waals surface area contributed by atoms with Crippen molar-refractivity contribution in [3.63, 3.8) is 0 Å². The minimum absolute atomic E-state index is 0.0984. The standard InChI is InChI=1S/C18H24N2O3S/c21-18(19-16-8-9-16)12-7-15-5-10-17(11-6-15)24(22,23)20-13-3-1-2-4-14-20/h5-7,10-12,16H,1-4,8-9,13-14H2,(H,19,21)/b12-7+. The molecule has 1 amide bonds. The predicted molar refractivity (Wildman–Crippen MR) is 93.9 cm³/mol. The van der Waals surface area contributed by atoms with Crippen LogP contribution in [0.2, 0.25) is 0 Å². The molecule has 24 heavy (non-hydrogen) atoms. The first-order valence-corrected chi connectivity index (χ1v) is 10.1. The summed E-state index contributed by atoms with van der Waals surface area (Å²) in [5.41, 5.74) is 0.816. The monoisotopic (exact) mass is 348 g/mol. The number of rotatable bonds is 5. The van der Waals surface area contributed by atoms with Gasteiger partial charge in [-0.05, 0) is 49.5 Å². The van der Waals surface area contributed by atoms with E-state index in [1.54, 1.807) is 34.6 Å². The Balaban J connectivity index is 1.66. The lowest BCUT2D eigenvalue weighted by Crippen LogP contribution is -2.31. The van der Waals surface area contributed by atoms with Crippen molar-refractivity contribution in [3.8, 4) is 0 Å². The van der Waals surface area contributed by atoms with Gasteiger partial charge >= 0.3 is 0 Å². The van der Waals surface area contributed by atoms with Gasteiger partial charge in [-0.1, -0.05) is 25.0 Å². The number of hydrogen-bond donors (Lipinski definition) is 1. The molecule has 1 saturated carbocycles. The Kier molecular flexibility index (Phi) is 5.36. The zero-order chi connectivity index (χ0) is 17.0. The van der Waals surface area contributed by atoms with E-state index >= 15 is 0 Å². The maximum Gasteiger partial charge on any atom is 0.244 e. The lowest BCUT2D eigenvalue weighted by atomic mass is 10.2. The van der Waals surface area contributed by atoms with Crippen LogP contribution in [0.1, 0.15) is 44.1 Å². The van der Waals surface area contributed by atoms with Gasteiger partial charge < -0.3 is 5.32 Å². The SMILES string of the molecule is O=C(/C=C/c1ccc(S(=O)(=O)N2CCCCCC2)cc1)NC1CC1. The molecule has 2 aliphatic rings. The molecule has 1 saturated heterocycles. The highest BCUT2D eigenvalue weighted by molar-refractivity contribution is 7.89. The Morgan fingerprint density at radius 2 is 1.67 bits per heavy atom. The number of benzene rings is 1. The van der Waals surface area contributed by atoms with E-state index in [-0.39, 0.29) is 5.91 Å². The van der Waals surface area contributed by atoms with Gasteiger partial charge in [0.1, 0.15) is 0 Å². The van der Waals surface area contributed by atoms with Gasteiger partial charge in [0.05, 0.1) is 4.90 Å². The first-order chi connectivity index (χ1) is 11.6. The topological polar surface area (TPSA) is 66.5 Å². The van der Waals surface area contributed by atoms with Gasteiger partial charge in [-0.2, -0.15) is 4.31 Å². The van der Waals surface area contributed by atoms with Gasteiger partial charge in [0, 0.05) is 25.2 Å². The molecular weight excluding hydrogens is 324 g/mol. The maximum atomic E-state index is 12.7. The van der Waals surface area contributed by atoms with Crippen molar-refractivity contribution in [3.05, 3.63) is 35.9 Å². The number of sulfonamides is 1. The minimum Gasteiger partial charge on any atom is -0.350 e. The summed E-state index contributed by atoms with van der Waals surface area (Å²) < 4.78 is 27.0. The Bertz CT molecular complexity index is 698. The van der Waals surface area contributed by atoms with E-state index in [2.05, 4.69) is 5.32 Å². The van der Waals surface area contributed by atoms with Crippen LogP contribution in [0.5, 0.6) is 0 Å². The first-order valence-electron chi connectivity index (χ1n) is 8.64. The second-order valence-corrected chi connectivity index (χ2v) is 8.44. The van der Waals surface area contributed by atoms with Crippen molar-refractivity contribution in [2.45, 2.75) is 49.5 Å². The Morgan fingerprint density at radius 3 is 2.25 bits per heavy atom. The first kappa shape index (κ1) is 17.2. The Labute approximate surface area is 143 Å². The molecule has 130 valence electrons. The van der Waals surface area contributed by atoms with Gasteiger partial charge in [0.15, 0.2) is 0 Å². The number of nitrogens with one attached hydrogen (secondary N) is 1. The van der Waals surface area contributed by atoms with Crippen molar-refractivity contribution < 1.29 is 13.2 Å². The van der Waals surface area contributed by atoms with Gasteiger partial charge in [-0.15, -0.1) is 0 Å². The summed E-state index contributed by atoms with van der Waals surface area (Å²) >= 11 is 0. The van der Waals surface area contributed by atoms with Gasteiger partial charge in [-0.25, -0.2) is 8.42 Å². The zero-order valence-corrected chi connectivity index (χ0v) is 14.6. The molecule has 0 spiro atoms. The fraction of sp³-hybridized carbons (Fsp3) is 0.500. The Hall–Kier alpha value is -1.66. The summed E-state index contributed by atoms with van der Waals surface area (Å²) in [7, 11) is -3.41. The van der Waals surface area contributed by atoms with Crippen LogP contribution in [0.15, 0.2) is 35.2 Å². The van der Waals surface area contributed by atoms with E-state index in [1.165, 1.54) is 6.08 Å². The molecule has 0 aromatic heterocycles. The highest BCUT2D eigenvalue weighted by Crippen LogP contribution is 2.21. The van der Waals surface area contributed by atoms with Crippen LogP contribution < -0.4 is 5.32 Å². The third-order valence-electron chi connectivity index (χ3n) is 4.43. The molecule has 1 heterocycles. The second-order valence-electron chi connectivity index (χ2n) is 6.50. The van der Waals surface area contributed by atoms with Crippen LogP contribution >= 0.6 is 0 Å². The molecule has 0 radical (unpaired) electrons. The molecule has 1 aliphatic carbocycles. The van der Waals surface area contributed by atoms with Crippen molar-refractivity contribution >= 4 is 22.0 Å². The summed E-state index contributed by atoms with van der Waals surface area (Å²) in [6.07, 6.45) is 9.37. The Morgan fingerprint density at radius 1 is 1.04 bits per heavy atom. The minimum atomic E-state index is -3.41. The third kappa shape index (κ3) is 4.45. The quantitative estimate of drug-likeness (QED) is 0.832. The van der Waals surface area contributed by atoms with Crippen LogP contribution in [0, 0.1) is 0 Å². The maximum absolute atomic E-state index is 12.7. The van der Waals surface area contributed by atoms with Crippen LogP contribution in [0.4, 0.5) is 0 Å². The van der Waals surface area contributed by atoms with Crippen molar-refractivity contribution in [2.24, 2.45) is 0 Å². The highest BCUT2D eigenvalue weighted by atomic mass is 32.2. The van der Waals surface area contributed by atoms with E-state index in [1.807, 2.05) is 0 Å². The van der Waals surface area contributed by atoms with E-state index in [4.69, 9.17) is 0 Å². The lowest BCUT2D eigenvalue weighted by Gasteiger charge is -2.19. The normalized spacial score (nSPS) is 20.0. The molecule has 0 bridgehead atoms. The van der Waals surface area contributed by atoms with E-state index in [0.29, 0.717) is 24.0 Å². The van der Waals surface area contributed by atoms with Crippen LogP contribution in [-0.4, -0.2) is 37.8 Å². The smallest absolute Gasteiger partial charge is 0.244 e. The van der Waals surface area contributed by atoms with Gasteiger partial charge in [-0.3, -0.25) is 4.79 Å². The number of amides is 1. The second kappa shape index (κ2) is 7.49. The van der Waals surface area contributed by atoms with Gasteiger partial charge in [0.2, 0.25) is 15.9 Å². The number of nitrogens with zero attached hydrogens (tertiary/aromatic N) is 1. The molecule has 5 nitrogen and oxygen atoms in total. The summed E-state index contributed by atoms with van der Waals surface area (Å²) in [6, 6.07) is 7.07. The molecule has 1 aliphatic heterocycles. The van der Waals surface area contributed by atoms with Crippen LogP contribution in [-0.2, 0) is 14.8 Å². The zero-order valence-electron chi connectivity index (χ0n) is 13.8. The average Bonchev–Trinajstić information content (AvgIpc) is 3.40. The largest absolute Gasteiger partial charge is 0.350 e. The highest BCUT2D eigenvalue weighted by Gasteiger charge is 2.25. The van der Waals surface area contributed by atoms with Crippen molar-refractivity contribution in [2.75, 3.05) is 13.1 Å². The number of carbonyl (C=O) groups is 1. The molecule has 1 aromatic carbocycles. The summed E-state index contributed by atoms with van der Waals surface area (Å²) in [4.78, 5) is 12.0. The number of carbonyl (C=O) groups excluding carboxylic acids is 1. The average molecular weight is 348 g/mol. The molecule has 3 rings (SSSR count). The molecule has 1 aromatic rings. The lowest BCUT2D eigenvalue weighted by molar-refractivity contribution is -0.116. The van der Waals surface area contributed by atoms with Crippen molar-refractivity contribution in [1.29, 1.82) is 0 Å². The fourth-order valence-corrected chi connectivity index (χ4v) is 4.35. The molecule has 1 N–H and O–H groups in total. The third-order valence-corrected chi connectivity index (χ3v) is 6.35. The van der Waals surface area contributed by atoms with Crippen molar-refractivity contribution in [1.82, 2.24) is 9.62 Å². The summed E-state index contributed by atoms with van der Waals surface area (Å²) in [5, 5.41) is 2.88. The molecule has 0 unspecified atom stereocenters. The molecule has 6 heteroatoms. The molecule has 0 atom stereocenters. The van der Waals surface area contributed by atoms with Crippen LogP contribution in [0.25, 0.3) is 6.08 Å². The summed E-state index contributed by atoms with van der Waals surface area (Å²) in [5.74, 6) is -0.0984. The number of hydrogen-bond acceptors (Lipinski definition) is 3. The summed E-state index contributed by atoms with van der Waals surface area (Å²) in [6.45, 7) is 1.21. The molecule has 2 fully saturated rings. The van der Waals surface area contributed by atoms with Gasteiger partial charge in [0.25, 0.3) is 0 Å². The molecular formula is C18H24N2O3S.